The van der Waals surface area contributed by atoms with Crippen LogP contribution < -0.4 is 0 Å². The Morgan fingerprint density at radius 1 is 1.11 bits per heavy atom. The van der Waals surface area contributed by atoms with Gasteiger partial charge in [-0.05, 0) is 25.5 Å². The maximum absolute atomic E-state index is 13.9. The molecule has 0 aliphatic rings. The largest absolute Gasteiger partial charge is 0.464 e. The minimum atomic E-state index is -3.15. The van der Waals surface area contributed by atoms with Gasteiger partial charge in [-0.15, -0.1) is 0 Å². The summed E-state index contributed by atoms with van der Waals surface area (Å²) in [5, 5.41) is 11.0. The van der Waals surface area contributed by atoms with Crippen molar-refractivity contribution in [1.29, 1.82) is 0 Å². The summed E-state index contributed by atoms with van der Waals surface area (Å²) in [7, 11) is -2.26. The highest BCUT2D eigenvalue weighted by atomic mass is 79.9. The molecular weight excluding hydrogens is 585 g/mol. The molecule has 0 amide bonds. The Morgan fingerprint density at radius 3 is 1.93 bits per heavy atom. The van der Waals surface area contributed by atoms with Crippen molar-refractivity contribution in [3.8, 4) is 0 Å². The molecule has 0 aliphatic carbocycles. The fourth-order valence-corrected chi connectivity index (χ4v) is 6.93. The Bertz CT molecular complexity index is 570. The number of furan rings is 1. The van der Waals surface area contributed by atoms with Gasteiger partial charge in [-0.25, -0.2) is 9.34 Å². The second-order valence-electron chi connectivity index (χ2n) is 5.69. The van der Waals surface area contributed by atoms with Gasteiger partial charge in [0.25, 0.3) is 0 Å². The Balaban J connectivity index is 0.00000165. The summed E-state index contributed by atoms with van der Waals surface area (Å²) in [6, 6.07) is 3.76. The summed E-state index contributed by atoms with van der Waals surface area (Å²) in [5.41, 5.74) is 0. The molecule has 1 atom stereocenters. The lowest BCUT2D eigenvalue weighted by Crippen LogP contribution is -2.36. The van der Waals surface area contributed by atoms with Gasteiger partial charge in [-0.1, -0.05) is 54.7 Å². The fraction of sp³-hybridized carbons (Fsp3) is 0.750. The maximum atomic E-state index is 13.9. The monoisotopic (exact) mass is 611 g/mol. The molecule has 0 bridgehead atoms. The van der Waals surface area contributed by atoms with E-state index in [4.69, 9.17) is 19.1 Å². The molecule has 0 aromatic carbocycles. The molecular formula is C16H29Br3N3O5P. The first-order valence-corrected chi connectivity index (χ1v) is 13.7. The van der Waals surface area contributed by atoms with Gasteiger partial charge in [-0.2, -0.15) is 0 Å². The van der Waals surface area contributed by atoms with Crippen LogP contribution in [0.5, 0.6) is 0 Å². The van der Waals surface area contributed by atoms with Crippen LogP contribution >= 0.6 is 55.5 Å². The molecule has 0 spiro atoms. The van der Waals surface area contributed by atoms with Crippen molar-refractivity contribution in [3.63, 3.8) is 0 Å². The summed E-state index contributed by atoms with van der Waals surface area (Å²) in [5.74, 6) is 1.52. The van der Waals surface area contributed by atoms with E-state index in [2.05, 4.69) is 54.7 Å². The highest BCUT2D eigenvalue weighted by Gasteiger charge is 2.37. The molecule has 1 rings (SSSR count). The number of hydrogen-bond donors (Lipinski definition) is 0. The van der Waals surface area contributed by atoms with Gasteiger partial charge < -0.3 is 4.42 Å². The van der Waals surface area contributed by atoms with E-state index in [1.54, 1.807) is 0 Å². The van der Waals surface area contributed by atoms with E-state index in [1.165, 1.54) is 0 Å². The third-order valence-corrected chi connectivity index (χ3v) is 7.15. The first kappa shape index (κ1) is 28.2. The molecule has 28 heavy (non-hydrogen) atoms. The summed E-state index contributed by atoms with van der Waals surface area (Å²) < 4.78 is 29.4. The molecule has 1 unspecified atom stereocenters. The van der Waals surface area contributed by atoms with E-state index >= 15 is 0 Å². The van der Waals surface area contributed by atoms with E-state index in [-0.39, 0.29) is 6.61 Å². The lowest BCUT2D eigenvalue weighted by atomic mass is 10.4. The molecule has 1 heterocycles. The van der Waals surface area contributed by atoms with Gasteiger partial charge in [0.2, 0.25) is 0 Å². The predicted octanol–water partition coefficient (Wildman–Crippen LogP) is 5.30. The summed E-state index contributed by atoms with van der Waals surface area (Å²) in [6.07, 6.45) is 0.913. The Morgan fingerprint density at radius 2 is 1.57 bits per heavy atom. The molecule has 0 radical (unpaired) electrons. The zero-order valence-corrected chi connectivity index (χ0v) is 22.1. The Labute approximate surface area is 192 Å². The molecule has 8 nitrogen and oxygen atoms in total. The van der Waals surface area contributed by atoms with Crippen LogP contribution in [-0.4, -0.2) is 63.5 Å². The van der Waals surface area contributed by atoms with E-state index in [1.807, 2.05) is 28.4 Å². The second-order valence-corrected chi connectivity index (χ2v) is 10.4. The van der Waals surface area contributed by atoms with Crippen LogP contribution in [0, 0.1) is 17.0 Å². The van der Waals surface area contributed by atoms with Crippen molar-refractivity contribution in [1.82, 2.24) is 9.34 Å². The van der Waals surface area contributed by atoms with Gasteiger partial charge in [-0.3, -0.25) is 19.2 Å². The number of halogens is 3. The van der Waals surface area contributed by atoms with Gasteiger partial charge in [0, 0.05) is 47.1 Å². The topological polar surface area (TPSA) is 89.1 Å². The van der Waals surface area contributed by atoms with Crippen LogP contribution in [0.2, 0.25) is 0 Å². The third kappa shape index (κ3) is 10.8. The summed E-state index contributed by atoms with van der Waals surface area (Å²) >= 11 is 10.4. The molecule has 0 N–H and O–H groups in total. The Kier molecular flexibility index (Phi) is 16.1. The van der Waals surface area contributed by atoms with Crippen molar-refractivity contribution in [2.45, 2.75) is 26.9 Å². The number of hydrogen-bond acceptors (Lipinski definition) is 5. The maximum Gasteiger partial charge on any atom is 0.346 e. The van der Waals surface area contributed by atoms with Crippen molar-refractivity contribution in [2.24, 2.45) is 0 Å². The van der Waals surface area contributed by atoms with E-state index in [0.717, 1.165) is 41.8 Å². The Hall–Kier alpha value is 0.230. The van der Waals surface area contributed by atoms with Crippen LogP contribution in [-0.2, 0) is 15.7 Å². The van der Waals surface area contributed by atoms with Crippen LogP contribution in [0.3, 0.4) is 0 Å². The quantitative estimate of drug-likeness (QED) is 0.129. The van der Waals surface area contributed by atoms with Crippen LogP contribution in [0.1, 0.15) is 24.9 Å². The number of nitro groups is 1. The standard InChI is InChI=1S/C15H26Br3N2O3P.CH3NO2/c1-3-9-19(10-6-16)24(21,20(11-7-17)12-8-18)22-13-15-5-4-14(2)23-15;1-2(3)4/h4-5H,3,6-13H2,1-2H3;1H3. The number of alkyl halides is 3. The smallest absolute Gasteiger partial charge is 0.346 e. The minimum Gasteiger partial charge on any atom is -0.464 e. The van der Waals surface area contributed by atoms with Crippen LogP contribution in [0.15, 0.2) is 16.5 Å². The van der Waals surface area contributed by atoms with E-state index in [9.17, 15) is 4.57 Å². The van der Waals surface area contributed by atoms with Gasteiger partial charge in [0.1, 0.15) is 18.1 Å². The lowest BCUT2D eigenvalue weighted by Gasteiger charge is -2.37. The highest BCUT2D eigenvalue weighted by molar-refractivity contribution is 9.09. The zero-order valence-electron chi connectivity index (χ0n) is 16.5. The lowest BCUT2D eigenvalue weighted by molar-refractivity contribution is -0.445. The van der Waals surface area contributed by atoms with E-state index < -0.39 is 12.6 Å². The minimum absolute atomic E-state index is 0.203. The van der Waals surface area contributed by atoms with Crippen molar-refractivity contribution < 1.29 is 18.4 Å². The van der Waals surface area contributed by atoms with E-state index in [0.29, 0.717) is 25.4 Å². The average molecular weight is 614 g/mol. The molecule has 0 aliphatic heterocycles. The zero-order chi connectivity index (χ0) is 21.6. The molecule has 0 fully saturated rings. The number of aryl methyl sites for hydroxylation is 1. The van der Waals surface area contributed by atoms with Crippen LogP contribution in [0.25, 0.3) is 0 Å². The van der Waals surface area contributed by atoms with Crippen molar-refractivity contribution >= 4 is 55.5 Å². The van der Waals surface area contributed by atoms with Gasteiger partial charge in [0.15, 0.2) is 7.05 Å². The molecule has 12 heteroatoms. The molecule has 1 aromatic rings. The third-order valence-electron chi connectivity index (χ3n) is 3.40. The van der Waals surface area contributed by atoms with Crippen molar-refractivity contribution in [2.75, 3.05) is 49.2 Å². The molecule has 1 aromatic heterocycles. The number of nitrogens with zero attached hydrogens (tertiary/aromatic N) is 3. The second kappa shape index (κ2) is 16.0. The normalized spacial score (nSPS) is 13.3. The molecule has 0 saturated heterocycles. The predicted molar refractivity (Wildman–Crippen MR) is 124 cm³/mol. The summed E-state index contributed by atoms with van der Waals surface area (Å²) in [6.45, 7) is 6.88. The highest BCUT2D eigenvalue weighted by Crippen LogP contribution is 2.55. The molecule has 0 saturated carbocycles. The SMILES string of the molecule is CCCN(CCBr)P(=O)(OCc1ccc(C)o1)N(CCBr)CCBr.C[N+](=O)[O-]. The van der Waals surface area contributed by atoms with Crippen LogP contribution in [0.4, 0.5) is 0 Å². The first-order valence-electron chi connectivity index (χ1n) is 8.81. The van der Waals surface area contributed by atoms with Gasteiger partial charge in [0.05, 0.1) is 0 Å². The first-order chi connectivity index (χ1) is 13.2. The molecule has 164 valence electrons. The fourth-order valence-electron chi connectivity index (χ4n) is 2.33. The van der Waals surface area contributed by atoms with Crippen molar-refractivity contribution in [3.05, 3.63) is 33.8 Å². The average Bonchev–Trinajstić information content (AvgIpc) is 3.04. The number of rotatable bonds is 13. The summed E-state index contributed by atoms with van der Waals surface area (Å²) in [4.78, 5) is 8.31. The van der Waals surface area contributed by atoms with Gasteiger partial charge >= 0.3 is 7.67 Å².